The molecule has 7 rings (SSSR count). The summed E-state index contributed by atoms with van der Waals surface area (Å²) in [5.41, 5.74) is 6.15. The van der Waals surface area contributed by atoms with E-state index in [-0.39, 0.29) is 0 Å². The van der Waals surface area contributed by atoms with Gasteiger partial charge in [-0.2, -0.15) is 5.10 Å². The molecule has 0 aliphatic carbocycles. The van der Waals surface area contributed by atoms with Crippen LogP contribution in [0.2, 0.25) is 0 Å². The molecular formula is C34H26N6. The van der Waals surface area contributed by atoms with Crippen LogP contribution in [0.3, 0.4) is 0 Å². The van der Waals surface area contributed by atoms with Crippen LogP contribution in [0, 0.1) is 6.92 Å². The van der Waals surface area contributed by atoms with Crippen molar-refractivity contribution in [1.82, 2.24) is 30.0 Å². The quantitative estimate of drug-likeness (QED) is 0.227. The Hall–Kier alpha value is -5.36. The first kappa shape index (κ1) is 23.7. The summed E-state index contributed by atoms with van der Waals surface area (Å²) < 4.78 is 1.90. The summed E-state index contributed by atoms with van der Waals surface area (Å²) in [5, 5.41) is 20.4. The molecule has 0 unspecified atom stereocenters. The average molecular weight is 519 g/mol. The Bertz CT molecular complexity index is 1810. The SMILES string of the molecule is Cc1ccc2cn(-c3ccccc3-c3nnn(C(c4ccccc4)(c4ccccc4)c4ccccc4)n3)nc2c1. The molecule has 6 heteroatoms. The molecule has 5 aromatic carbocycles. The largest absolute Gasteiger partial charge is 0.239 e. The van der Waals surface area contributed by atoms with Gasteiger partial charge in [-0.1, -0.05) is 115 Å². The molecule has 0 aliphatic heterocycles. The molecule has 6 nitrogen and oxygen atoms in total. The zero-order valence-electron chi connectivity index (χ0n) is 22.0. The second kappa shape index (κ2) is 9.75. The van der Waals surface area contributed by atoms with E-state index in [9.17, 15) is 0 Å². The van der Waals surface area contributed by atoms with Crippen LogP contribution < -0.4 is 0 Å². The van der Waals surface area contributed by atoms with Crippen LogP contribution in [-0.2, 0) is 5.54 Å². The molecule has 0 fully saturated rings. The zero-order chi connectivity index (χ0) is 26.9. The van der Waals surface area contributed by atoms with Crippen molar-refractivity contribution < 1.29 is 0 Å². The van der Waals surface area contributed by atoms with Gasteiger partial charge in [0.15, 0.2) is 5.54 Å². The number of aromatic nitrogens is 6. The summed E-state index contributed by atoms with van der Waals surface area (Å²) in [6, 6.07) is 45.4. The smallest absolute Gasteiger partial charge is 0.207 e. The fraction of sp³-hybridized carbons (Fsp3) is 0.0588. The molecule has 0 N–H and O–H groups in total. The van der Waals surface area contributed by atoms with E-state index < -0.39 is 5.54 Å². The Balaban J connectivity index is 1.44. The third-order valence-corrected chi connectivity index (χ3v) is 7.34. The molecule has 7 aromatic rings. The van der Waals surface area contributed by atoms with E-state index in [1.54, 1.807) is 4.80 Å². The van der Waals surface area contributed by atoms with Crippen molar-refractivity contribution in [2.24, 2.45) is 0 Å². The number of hydrogen-bond donors (Lipinski definition) is 0. The summed E-state index contributed by atoms with van der Waals surface area (Å²) >= 11 is 0. The van der Waals surface area contributed by atoms with E-state index in [4.69, 9.17) is 15.4 Å². The Kier molecular flexibility index (Phi) is 5.78. The molecule has 0 aliphatic rings. The lowest BCUT2D eigenvalue weighted by Gasteiger charge is -2.34. The Morgan fingerprint density at radius 2 is 1.18 bits per heavy atom. The van der Waals surface area contributed by atoms with Crippen LogP contribution in [0.4, 0.5) is 0 Å². The predicted octanol–water partition coefficient (Wildman–Crippen LogP) is 6.83. The second-order valence-electron chi connectivity index (χ2n) is 9.86. The van der Waals surface area contributed by atoms with Gasteiger partial charge >= 0.3 is 0 Å². The number of hydrogen-bond acceptors (Lipinski definition) is 4. The number of rotatable bonds is 6. The van der Waals surface area contributed by atoms with Crippen LogP contribution in [0.15, 0.2) is 140 Å². The molecule has 0 bridgehead atoms. The van der Waals surface area contributed by atoms with Crippen molar-refractivity contribution in [3.63, 3.8) is 0 Å². The fourth-order valence-electron chi connectivity index (χ4n) is 5.46. The third kappa shape index (κ3) is 3.89. The summed E-state index contributed by atoms with van der Waals surface area (Å²) in [7, 11) is 0. The van der Waals surface area contributed by atoms with Gasteiger partial charge in [0.1, 0.15) is 0 Å². The van der Waals surface area contributed by atoms with E-state index >= 15 is 0 Å². The first-order valence-corrected chi connectivity index (χ1v) is 13.3. The summed E-state index contributed by atoms with van der Waals surface area (Å²) in [6.07, 6.45) is 2.04. The van der Waals surface area contributed by atoms with E-state index in [0.29, 0.717) is 5.82 Å². The molecule has 0 saturated heterocycles. The van der Waals surface area contributed by atoms with Gasteiger partial charge < -0.3 is 0 Å². The highest BCUT2D eigenvalue weighted by atomic mass is 15.6. The monoisotopic (exact) mass is 518 g/mol. The molecule has 2 heterocycles. The Morgan fingerprint density at radius 1 is 0.600 bits per heavy atom. The highest BCUT2D eigenvalue weighted by Crippen LogP contribution is 2.40. The van der Waals surface area contributed by atoms with Crippen LogP contribution in [0.25, 0.3) is 28.0 Å². The number of para-hydroxylation sites is 1. The normalized spacial score (nSPS) is 11.6. The lowest BCUT2D eigenvalue weighted by molar-refractivity contribution is 0.396. The third-order valence-electron chi connectivity index (χ3n) is 7.34. The van der Waals surface area contributed by atoms with Gasteiger partial charge in [-0.3, -0.25) is 0 Å². The highest BCUT2D eigenvalue weighted by Gasteiger charge is 2.41. The first-order chi connectivity index (χ1) is 19.7. The maximum Gasteiger partial charge on any atom is 0.207 e. The van der Waals surface area contributed by atoms with Crippen molar-refractivity contribution >= 4 is 10.9 Å². The van der Waals surface area contributed by atoms with Gasteiger partial charge in [0.25, 0.3) is 0 Å². The highest BCUT2D eigenvalue weighted by molar-refractivity contribution is 5.80. The van der Waals surface area contributed by atoms with E-state index in [1.807, 2.05) is 89.7 Å². The molecule has 0 radical (unpaired) electrons. The zero-order valence-corrected chi connectivity index (χ0v) is 22.0. The Labute approximate surface area is 232 Å². The van der Waals surface area contributed by atoms with Gasteiger partial charge in [0.2, 0.25) is 5.82 Å². The molecule has 0 saturated carbocycles. The van der Waals surface area contributed by atoms with Crippen molar-refractivity contribution in [1.29, 1.82) is 0 Å². The maximum absolute atomic E-state index is 5.09. The minimum Gasteiger partial charge on any atom is -0.239 e. The van der Waals surface area contributed by atoms with E-state index in [0.717, 1.165) is 38.8 Å². The summed E-state index contributed by atoms with van der Waals surface area (Å²) in [6.45, 7) is 2.08. The number of benzene rings is 5. The van der Waals surface area contributed by atoms with Gasteiger partial charge in [-0.25, -0.2) is 4.68 Å². The Morgan fingerprint density at radius 3 is 1.80 bits per heavy atom. The van der Waals surface area contributed by atoms with E-state index in [2.05, 4.69) is 66.6 Å². The lowest BCUT2D eigenvalue weighted by atomic mass is 9.77. The van der Waals surface area contributed by atoms with Crippen LogP contribution in [0.5, 0.6) is 0 Å². The van der Waals surface area contributed by atoms with Crippen molar-refractivity contribution in [2.45, 2.75) is 12.5 Å². The number of fused-ring (bicyclic) bond motifs is 1. The standard InChI is InChI=1S/C34H26N6/c1-25-21-22-26-24-39(36-31(26)23-25)32-20-12-11-19-30(32)33-35-38-40(37-33)34(27-13-5-2-6-14-27,28-15-7-3-8-16-28)29-17-9-4-10-18-29/h2-24H,1H3. The lowest BCUT2D eigenvalue weighted by Crippen LogP contribution is -2.39. The van der Waals surface area contributed by atoms with Crippen LogP contribution in [0.1, 0.15) is 22.3 Å². The van der Waals surface area contributed by atoms with Gasteiger partial charge in [-0.15, -0.1) is 15.0 Å². The molecule has 0 amide bonds. The topological polar surface area (TPSA) is 61.4 Å². The summed E-state index contributed by atoms with van der Waals surface area (Å²) in [4.78, 5) is 1.75. The molecular weight excluding hydrogens is 492 g/mol. The van der Waals surface area contributed by atoms with Gasteiger partial charge in [0.05, 0.1) is 11.2 Å². The molecule has 0 spiro atoms. The van der Waals surface area contributed by atoms with Crippen LogP contribution in [-0.4, -0.2) is 30.0 Å². The predicted molar refractivity (Wildman–Crippen MR) is 157 cm³/mol. The van der Waals surface area contributed by atoms with E-state index in [1.165, 1.54) is 5.56 Å². The van der Waals surface area contributed by atoms with Crippen molar-refractivity contribution in [2.75, 3.05) is 0 Å². The first-order valence-electron chi connectivity index (χ1n) is 13.3. The second-order valence-corrected chi connectivity index (χ2v) is 9.86. The molecule has 192 valence electrons. The van der Waals surface area contributed by atoms with Gasteiger partial charge in [0, 0.05) is 17.1 Å². The van der Waals surface area contributed by atoms with Gasteiger partial charge in [-0.05, 0) is 52.6 Å². The average Bonchev–Trinajstić information content (AvgIpc) is 3.67. The molecule has 40 heavy (non-hydrogen) atoms. The number of aryl methyl sites for hydroxylation is 1. The number of nitrogens with zero attached hydrogens (tertiary/aromatic N) is 6. The summed E-state index contributed by atoms with van der Waals surface area (Å²) in [5.74, 6) is 0.526. The minimum absolute atomic E-state index is 0.526. The van der Waals surface area contributed by atoms with Crippen molar-refractivity contribution in [3.8, 4) is 17.1 Å². The molecule has 0 atom stereocenters. The van der Waals surface area contributed by atoms with Crippen LogP contribution >= 0.6 is 0 Å². The minimum atomic E-state index is -0.831. The maximum atomic E-state index is 5.09. The molecule has 2 aromatic heterocycles. The number of tetrazole rings is 1. The van der Waals surface area contributed by atoms with Crippen molar-refractivity contribution in [3.05, 3.63) is 162 Å². The fourth-order valence-corrected chi connectivity index (χ4v) is 5.46.